The Morgan fingerprint density at radius 2 is 1.67 bits per heavy atom. The van der Waals surface area contributed by atoms with Crippen molar-refractivity contribution in [1.29, 1.82) is 0 Å². The highest BCUT2D eigenvalue weighted by Crippen LogP contribution is 2.60. The Hall–Kier alpha value is -3.66. The third-order valence-electron chi connectivity index (χ3n) is 9.49. The van der Waals surface area contributed by atoms with Gasteiger partial charge >= 0.3 is 0 Å². The van der Waals surface area contributed by atoms with Gasteiger partial charge in [0.25, 0.3) is 5.91 Å². The second-order valence-electron chi connectivity index (χ2n) is 12.1. The standard InChI is InChI=1S/C34H42N2O6Si/c1-23-32(43(5,6)27-15-12-25(40-3)13-16-27)30(21-31(38)36(18-19-37)22-24-10-8-7-9-11-24)42-34(23)28-20-26(41-4)14-17-29(28)35(2)33(34)39/h7-17,20,23,30,32,37H,18-19,21-22H2,1-6H3/t23-,30+,32-,34+/m0/s1. The first-order valence-corrected chi connectivity index (χ1v) is 17.9. The summed E-state index contributed by atoms with van der Waals surface area (Å²) in [7, 11) is 2.65. The van der Waals surface area contributed by atoms with Crippen LogP contribution in [0.5, 0.6) is 11.5 Å². The molecule has 0 aliphatic carbocycles. The highest BCUT2D eigenvalue weighted by Gasteiger charge is 2.66. The van der Waals surface area contributed by atoms with E-state index >= 15 is 0 Å². The van der Waals surface area contributed by atoms with E-state index < -0.39 is 19.8 Å². The van der Waals surface area contributed by atoms with Gasteiger partial charge in [-0.2, -0.15) is 0 Å². The molecule has 3 aromatic carbocycles. The normalized spacial score (nSPS) is 23.0. The van der Waals surface area contributed by atoms with Crippen LogP contribution in [0.1, 0.15) is 24.5 Å². The average molecular weight is 603 g/mol. The van der Waals surface area contributed by atoms with Gasteiger partial charge in [-0.3, -0.25) is 9.59 Å². The third kappa shape index (κ3) is 5.34. The van der Waals surface area contributed by atoms with E-state index in [4.69, 9.17) is 14.2 Å². The van der Waals surface area contributed by atoms with Crippen LogP contribution in [0.4, 0.5) is 5.69 Å². The fourth-order valence-electron chi connectivity index (χ4n) is 7.24. The van der Waals surface area contributed by atoms with E-state index in [0.29, 0.717) is 12.3 Å². The molecule has 1 N–H and O–H groups in total. The monoisotopic (exact) mass is 602 g/mol. The number of amides is 2. The smallest absolute Gasteiger partial charge is 0.264 e. The lowest BCUT2D eigenvalue weighted by molar-refractivity contribution is -0.149. The molecule has 9 heteroatoms. The van der Waals surface area contributed by atoms with Crippen LogP contribution in [0.25, 0.3) is 0 Å². The number of nitrogens with zero attached hydrogens (tertiary/aromatic N) is 2. The third-order valence-corrected chi connectivity index (χ3v) is 13.8. The largest absolute Gasteiger partial charge is 0.497 e. The SMILES string of the molecule is COc1ccc([Si](C)(C)[C@@H]2[C@@H](CC(=O)N(CCO)Cc3ccccc3)O[C@]3(C(=O)N(C)c4ccc(OC)cc43)[C@H]2C)cc1. The van der Waals surface area contributed by atoms with Crippen LogP contribution >= 0.6 is 0 Å². The first-order valence-electron chi connectivity index (χ1n) is 14.8. The second kappa shape index (κ2) is 12.1. The van der Waals surface area contributed by atoms with Crippen LogP contribution < -0.4 is 19.6 Å². The van der Waals surface area contributed by atoms with Crippen molar-refractivity contribution < 1.29 is 28.9 Å². The van der Waals surface area contributed by atoms with Gasteiger partial charge in [0.1, 0.15) is 11.5 Å². The first kappa shape index (κ1) is 30.8. The summed E-state index contributed by atoms with van der Waals surface area (Å²) in [6.07, 6.45) is -0.412. The molecule has 1 spiro atoms. The van der Waals surface area contributed by atoms with E-state index in [2.05, 4.69) is 32.2 Å². The predicted octanol–water partition coefficient (Wildman–Crippen LogP) is 4.31. The second-order valence-corrected chi connectivity index (χ2v) is 16.8. The van der Waals surface area contributed by atoms with Crippen LogP contribution in [-0.4, -0.2) is 70.4 Å². The number of anilines is 1. The molecule has 0 unspecified atom stereocenters. The van der Waals surface area contributed by atoms with Gasteiger partial charge in [-0.15, -0.1) is 0 Å². The minimum atomic E-state index is -2.39. The summed E-state index contributed by atoms with van der Waals surface area (Å²) >= 11 is 0. The molecule has 2 aliphatic heterocycles. The molecule has 4 atom stereocenters. The van der Waals surface area contributed by atoms with Crippen molar-refractivity contribution >= 4 is 30.8 Å². The summed E-state index contributed by atoms with van der Waals surface area (Å²) in [6.45, 7) is 7.15. The fourth-order valence-corrected chi connectivity index (χ4v) is 11.3. The van der Waals surface area contributed by atoms with Gasteiger partial charge < -0.3 is 29.1 Å². The molecule has 1 fully saturated rings. The highest BCUT2D eigenvalue weighted by molar-refractivity contribution is 6.91. The van der Waals surface area contributed by atoms with Crippen LogP contribution in [0, 0.1) is 5.92 Å². The summed E-state index contributed by atoms with van der Waals surface area (Å²) < 4.78 is 18.0. The van der Waals surface area contributed by atoms with Gasteiger partial charge in [0, 0.05) is 31.6 Å². The van der Waals surface area contributed by atoms with Crippen LogP contribution in [0.15, 0.2) is 72.8 Å². The van der Waals surface area contributed by atoms with E-state index in [-0.39, 0.29) is 42.8 Å². The lowest BCUT2D eigenvalue weighted by Crippen LogP contribution is -2.52. The summed E-state index contributed by atoms with van der Waals surface area (Å²) in [5, 5.41) is 11.0. The average Bonchev–Trinajstić information content (AvgIpc) is 3.43. The maximum Gasteiger partial charge on any atom is 0.264 e. The molecule has 1 saturated heterocycles. The van der Waals surface area contributed by atoms with Crippen molar-refractivity contribution in [1.82, 2.24) is 4.90 Å². The van der Waals surface area contributed by atoms with Crippen molar-refractivity contribution in [2.45, 2.75) is 50.2 Å². The Bertz CT molecular complexity index is 1460. The number of carbonyl (C=O) groups is 2. The zero-order valence-corrected chi connectivity index (χ0v) is 26.9. The molecule has 228 valence electrons. The van der Waals surface area contributed by atoms with E-state index in [1.54, 1.807) is 31.1 Å². The number of aliphatic hydroxyl groups excluding tert-OH is 1. The minimum absolute atomic E-state index is 0.0768. The quantitative estimate of drug-likeness (QED) is 0.348. The minimum Gasteiger partial charge on any atom is -0.497 e. The number of fused-ring (bicyclic) bond motifs is 2. The molecule has 5 rings (SSSR count). The Labute approximate surface area is 255 Å². The molecule has 43 heavy (non-hydrogen) atoms. The van der Waals surface area contributed by atoms with Gasteiger partial charge in [-0.1, -0.05) is 67.7 Å². The molecule has 0 bridgehead atoms. The van der Waals surface area contributed by atoms with Crippen LogP contribution in [0.3, 0.4) is 0 Å². The zero-order valence-electron chi connectivity index (χ0n) is 25.9. The summed E-state index contributed by atoms with van der Waals surface area (Å²) in [4.78, 5) is 31.6. The molecule has 2 amide bonds. The lowest BCUT2D eigenvalue weighted by Gasteiger charge is -2.37. The number of methoxy groups -OCH3 is 2. The lowest BCUT2D eigenvalue weighted by atomic mass is 9.82. The molecule has 0 radical (unpaired) electrons. The molecule has 2 aliphatic rings. The maximum atomic E-state index is 14.2. The highest BCUT2D eigenvalue weighted by atomic mass is 28.3. The topological polar surface area (TPSA) is 88.5 Å². The van der Waals surface area contributed by atoms with Crippen LogP contribution in [-0.2, 0) is 26.5 Å². The molecule has 3 aromatic rings. The predicted molar refractivity (Wildman–Crippen MR) is 170 cm³/mol. The van der Waals surface area contributed by atoms with Crippen molar-refractivity contribution in [2.24, 2.45) is 5.92 Å². The first-order chi connectivity index (χ1) is 20.6. The van der Waals surface area contributed by atoms with Gasteiger partial charge in [0.2, 0.25) is 5.91 Å². The number of likely N-dealkylation sites (N-methyl/N-ethyl adjacent to an activating group) is 1. The van der Waals surface area contributed by atoms with Gasteiger partial charge in [-0.05, 0) is 41.4 Å². The van der Waals surface area contributed by atoms with Crippen molar-refractivity contribution in [3.63, 3.8) is 0 Å². The van der Waals surface area contributed by atoms with Crippen molar-refractivity contribution in [3.05, 3.63) is 83.9 Å². The Kier molecular flexibility index (Phi) is 8.69. The molecule has 0 aromatic heterocycles. The number of hydrogen-bond acceptors (Lipinski definition) is 6. The summed E-state index contributed by atoms with van der Waals surface area (Å²) in [5.41, 5.74) is 1.24. The van der Waals surface area contributed by atoms with E-state index in [1.165, 1.54) is 5.19 Å². The maximum absolute atomic E-state index is 14.2. The fraction of sp³-hybridized carbons (Fsp3) is 0.412. The number of aliphatic hydroxyl groups is 1. The Morgan fingerprint density at radius 3 is 2.30 bits per heavy atom. The molecular formula is C34H42N2O6Si. The summed E-state index contributed by atoms with van der Waals surface area (Å²) in [5.74, 6) is 0.969. The number of carbonyl (C=O) groups excluding carboxylic acids is 2. The van der Waals surface area contributed by atoms with Gasteiger partial charge in [0.15, 0.2) is 5.60 Å². The zero-order chi connectivity index (χ0) is 30.9. The molecule has 8 nitrogen and oxygen atoms in total. The number of benzene rings is 3. The van der Waals surface area contributed by atoms with E-state index in [9.17, 15) is 14.7 Å². The van der Waals surface area contributed by atoms with Gasteiger partial charge in [0.05, 0.1) is 47.1 Å². The summed E-state index contributed by atoms with van der Waals surface area (Å²) in [6, 6.07) is 23.6. The molecule has 0 saturated carbocycles. The number of hydrogen-bond donors (Lipinski definition) is 1. The number of rotatable bonds is 10. The molecular weight excluding hydrogens is 560 g/mol. The van der Waals surface area contributed by atoms with E-state index in [0.717, 1.165) is 22.6 Å². The van der Waals surface area contributed by atoms with Crippen molar-refractivity contribution in [3.8, 4) is 11.5 Å². The Balaban J connectivity index is 1.57. The number of ether oxygens (including phenoxy) is 3. The Morgan fingerprint density at radius 1 is 1.02 bits per heavy atom. The van der Waals surface area contributed by atoms with Crippen LogP contribution in [0.2, 0.25) is 18.6 Å². The molecule has 2 heterocycles. The van der Waals surface area contributed by atoms with Gasteiger partial charge in [-0.25, -0.2) is 0 Å². The van der Waals surface area contributed by atoms with Crippen molar-refractivity contribution in [2.75, 3.05) is 39.3 Å². The van der Waals surface area contributed by atoms with E-state index in [1.807, 2.05) is 60.7 Å².